The molecule has 4 heteroatoms. The Balaban J connectivity index is 1.93. The average molecular weight is 225 g/mol. The smallest absolute Gasteiger partial charge is 0.237 e. The zero-order chi connectivity index (χ0) is 11.8. The summed E-state index contributed by atoms with van der Waals surface area (Å²) in [6.07, 6.45) is 2.43. The summed E-state index contributed by atoms with van der Waals surface area (Å²) in [5.41, 5.74) is 0.0695. The first-order valence-corrected chi connectivity index (χ1v) is 6.24. The van der Waals surface area contributed by atoms with Gasteiger partial charge in [-0.2, -0.15) is 0 Å². The van der Waals surface area contributed by atoms with Crippen molar-refractivity contribution in [2.75, 3.05) is 33.2 Å². The van der Waals surface area contributed by atoms with E-state index in [0.29, 0.717) is 18.5 Å². The minimum atomic E-state index is 0.0695. The fourth-order valence-corrected chi connectivity index (χ4v) is 2.52. The van der Waals surface area contributed by atoms with Crippen LogP contribution in [0.1, 0.15) is 26.7 Å². The highest BCUT2D eigenvalue weighted by Gasteiger charge is 2.38. The van der Waals surface area contributed by atoms with Gasteiger partial charge in [0.15, 0.2) is 0 Å². The number of nitrogens with zero attached hydrogens (tertiary/aromatic N) is 2. The number of hydrogen-bond acceptors (Lipinski definition) is 3. The summed E-state index contributed by atoms with van der Waals surface area (Å²) in [6, 6.07) is 0.571. The van der Waals surface area contributed by atoms with Crippen LogP contribution in [0.25, 0.3) is 0 Å². The maximum Gasteiger partial charge on any atom is 0.237 e. The van der Waals surface area contributed by atoms with Crippen LogP contribution in [0.4, 0.5) is 0 Å². The van der Waals surface area contributed by atoms with Gasteiger partial charge in [-0.1, -0.05) is 0 Å². The number of carbonyl (C=O) groups excluding carboxylic acids is 1. The van der Waals surface area contributed by atoms with Crippen molar-refractivity contribution >= 4 is 5.91 Å². The minimum absolute atomic E-state index is 0.0695. The predicted molar refractivity (Wildman–Crippen MR) is 64.3 cm³/mol. The lowest BCUT2D eigenvalue weighted by atomic mass is 10.0. The van der Waals surface area contributed by atoms with Crippen LogP contribution in [0.15, 0.2) is 0 Å². The molecule has 1 aliphatic carbocycles. The fraction of sp³-hybridized carbons (Fsp3) is 0.917. The first-order valence-electron chi connectivity index (χ1n) is 6.24. The van der Waals surface area contributed by atoms with E-state index in [0.717, 1.165) is 19.6 Å². The first-order chi connectivity index (χ1) is 7.54. The molecule has 1 N–H and O–H groups in total. The molecule has 1 saturated heterocycles. The van der Waals surface area contributed by atoms with Crippen LogP contribution in [-0.4, -0.2) is 60.5 Å². The van der Waals surface area contributed by atoms with E-state index in [1.165, 1.54) is 12.8 Å². The van der Waals surface area contributed by atoms with Crippen LogP contribution < -0.4 is 5.32 Å². The fourth-order valence-electron chi connectivity index (χ4n) is 2.52. The van der Waals surface area contributed by atoms with Gasteiger partial charge in [-0.05, 0) is 33.7 Å². The summed E-state index contributed by atoms with van der Waals surface area (Å²) in [4.78, 5) is 16.4. The Labute approximate surface area is 98.0 Å². The third-order valence-corrected chi connectivity index (χ3v) is 3.71. The Morgan fingerprint density at radius 3 is 2.56 bits per heavy atom. The Hall–Kier alpha value is -0.610. The molecule has 4 nitrogen and oxygen atoms in total. The van der Waals surface area contributed by atoms with Crippen molar-refractivity contribution in [3.05, 3.63) is 0 Å². The highest BCUT2D eigenvalue weighted by atomic mass is 16.2. The largest absolute Gasteiger partial charge is 0.337 e. The number of carbonyl (C=O) groups is 1. The molecule has 1 heterocycles. The maximum absolute atomic E-state index is 12.0. The monoisotopic (exact) mass is 225 g/mol. The molecule has 0 aromatic heterocycles. The summed E-state index contributed by atoms with van der Waals surface area (Å²) >= 11 is 0. The van der Waals surface area contributed by atoms with Crippen LogP contribution in [0.3, 0.4) is 0 Å². The quantitative estimate of drug-likeness (QED) is 0.747. The zero-order valence-electron chi connectivity index (χ0n) is 10.6. The Morgan fingerprint density at radius 2 is 2.06 bits per heavy atom. The van der Waals surface area contributed by atoms with Gasteiger partial charge in [0.2, 0.25) is 5.91 Å². The summed E-state index contributed by atoms with van der Waals surface area (Å²) in [5.74, 6) is 0.318. The van der Waals surface area contributed by atoms with Crippen molar-refractivity contribution in [3.63, 3.8) is 0 Å². The molecular formula is C12H23N3O. The second-order valence-corrected chi connectivity index (χ2v) is 5.58. The van der Waals surface area contributed by atoms with E-state index in [4.69, 9.17) is 0 Å². The molecule has 2 rings (SSSR count). The lowest BCUT2D eigenvalue weighted by molar-refractivity contribution is -0.139. The molecule has 1 saturated carbocycles. The normalized spacial score (nSPS) is 23.9. The van der Waals surface area contributed by atoms with E-state index in [1.54, 1.807) is 0 Å². The number of rotatable bonds is 4. The van der Waals surface area contributed by atoms with Crippen molar-refractivity contribution in [1.29, 1.82) is 0 Å². The van der Waals surface area contributed by atoms with Gasteiger partial charge in [0.05, 0.1) is 6.54 Å². The number of piperazine rings is 1. The van der Waals surface area contributed by atoms with E-state index in [2.05, 4.69) is 29.0 Å². The molecule has 16 heavy (non-hydrogen) atoms. The number of amides is 1. The lowest BCUT2D eigenvalue weighted by Gasteiger charge is -2.43. The Kier molecular flexibility index (Phi) is 3.22. The molecule has 2 fully saturated rings. The molecule has 0 atom stereocenters. The average Bonchev–Trinajstić information content (AvgIpc) is 3.01. The van der Waals surface area contributed by atoms with Crippen molar-refractivity contribution in [2.24, 2.45) is 0 Å². The standard InChI is InChI=1S/C12H23N3O/c1-12(2,9-13-3)14-6-7-15(10-4-5-10)11(16)8-14/h10,13H,4-9H2,1-3H3. The number of nitrogens with one attached hydrogen (secondary N) is 1. The van der Waals surface area contributed by atoms with E-state index in [1.807, 2.05) is 7.05 Å². The molecule has 1 aliphatic heterocycles. The van der Waals surface area contributed by atoms with Crippen LogP contribution in [0.5, 0.6) is 0 Å². The van der Waals surface area contributed by atoms with E-state index in [-0.39, 0.29) is 5.54 Å². The molecule has 0 unspecified atom stereocenters. The van der Waals surface area contributed by atoms with Crippen molar-refractivity contribution in [2.45, 2.75) is 38.3 Å². The predicted octanol–water partition coefficient (Wildman–Crippen LogP) is 0.291. The topological polar surface area (TPSA) is 35.6 Å². The van der Waals surface area contributed by atoms with E-state index >= 15 is 0 Å². The summed E-state index contributed by atoms with van der Waals surface area (Å²) in [5, 5.41) is 3.20. The molecule has 0 radical (unpaired) electrons. The second-order valence-electron chi connectivity index (χ2n) is 5.58. The summed E-state index contributed by atoms with van der Waals surface area (Å²) in [6.45, 7) is 7.83. The third-order valence-electron chi connectivity index (χ3n) is 3.71. The number of likely N-dealkylation sites (N-methyl/N-ethyl adjacent to an activating group) is 1. The molecular weight excluding hydrogens is 202 g/mol. The van der Waals surface area contributed by atoms with Crippen molar-refractivity contribution in [3.8, 4) is 0 Å². The van der Waals surface area contributed by atoms with Gasteiger partial charge in [-0.15, -0.1) is 0 Å². The minimum Gasteiger partial charge on any atom is -0.337 e. The van der Waals surface area contributed by atoms with Crippen LogP contribution >= 0.6 is 0 Å². The SMILES string of the molecule is CNCC(C)(C)N1CCN(C2CC2)C(=O)C1. The van der Waals surface area contributed by atoms with Gasteiger partial charge in [0, 0.05) is 31.2 Å². The molecule has 0 aromatic rings. The first kappa shape index (κ1) is 11.9. The Morgan fingerprint density at radius 1 is 1.38 bits per heavy atom. The van der Waals surface area contributed by atoms with Crippen molar-refractivity contribution in [1.82, 2.24) is 15.1 Å². The molecule has 0 spiro atoms. The molecule has 1 amide bonds. The molecule has 0 bridgehead atoms. The van der Waals surface area contributed by atoms with Crippen LogP contribution in [0.2, 0.25) is 0 Å². The summed E-state index contributed by atoms with van der Waals surface area (Å²) < 4.78 is 0. The van der Waals surface area contributed by atoms with Gasteiger partial charge in [-0.3, -0.25) is 9.69 Å². The van der Waals surface area contributed by atoms with Gasteiger partial charge in [-0.25, -0.2) is 0 Å². The number of hydrogen-bond donors (Lipinski definition) is 1. The molecule has 2 aliphatic rings. The zero-order valence-corrected chi connectivity index (χ0v) is 10.6. The van der Waals surface area contributed by atoms with Gasteiger partial charge >= 0.3 is 0 Å². The highest BCUT2D eigenvalue weighted by Crippen LogP contribution is 2.29. The van der Waals surface area contributed by atoms with Crippen LogP contribution in [0, 0.1) is 0 Å². The second kappa shape index (κ2) is 4.34. The van der Waals surface area contributed by atoms with Gasteiger partial charge in [0.25, 0.3) is 0 Å². The van der Waals surface area contributed by atoms with E-state index in [9.17, 15) is 4.79 Å². The Bertz CT molecular complexity index is 273. The van der Waals surface area contributed by atoms with Gasteiger partial charge in [0.1, 0.15) is 0 Å². The lowest BCUT2D eigenvalue weighted by Crippen LogP contribution is -2.60. The molecule has 92 valence electrons. The highest BCUT2D eigenvalue weighted by molar-refractivity contribution is 5.79. The summed E-state index contributed by atoms with van der Waals surface area (Å²) in [7, 11) is 1.96. The van der Waals surface area contributed by atoms with Crippen LogP contribution in [-0.2, 0) is 4.79 Å². The third kappa shape index (κ3) is 2.38. The van der Waals surface area contributed by atoms with E-state index < -0.39 is 0 Å². The maximum atomic E-state index is 12.0. The molecule has 0 aromatic carbocycles. The van der Waals surface area contributed by atoms with Gasteiger partial charge < -0.3 is 10.2 Å². The van der Waals surface area contributed by atoms with Crippen molar-refractivity contribution < 1.29 is 4.79 Å².